The van der Waals surface area contributed by atoms with Gasteiger partial charge in [-0.1, -0.05) is 17.8 Å². The number of nitrogens with zero attached hydrogens (tertiary/aromatic N) is 4. The van der Waals surface area contributed by atoms with Crippen molar-refractivity contribution in [3.63, 3.8) is 0 Å². The van der Waals surface area contributed by atoms with Crippen molar-refractivity contribution in [2.75, 3.05) is 0 Å². The van der Waals surface area contributed by atoms with Gasteiger partial charge >= 0.3 is 0 Å². The quantitative estimate of drug-likeness (QED) is 0.541. The summed E-state index contributed by atoms with van der Waals surface area (Å²) in [5.74, 6) is 0.964. The van der Waals surface area contributed by atoms with Gasteiger partial charge in [-0.15, -0.1) is 11.3 Å². The lowest BCUT2D eigenvalue weighted by Crippen LogP contribution is -2.15. The maximum Gasteiger partial charge on any atom is 0.274 e. The average Bonchev–Trinajstić information content (AvgIpc) is 3.12. The maximum atomic E-state index is 11.9. The highest BCUT2D eigenvalue weighted by atomic mass is 79.9. The second-order valence-electron chi connectivity index (χ2n) is 4.46. The van der Waals surface area contributed by atoms with Crippen molar-refractivity contribution < 1.29 is 0 Å². The van der Waals surface area contributed by atoms with E-state index >= 15 is 0 Å². The third kappa shape index (κ3) is 2.44. The SMILES string of the molecule is O=c1cc(CSc2nc3cccc(Br)c3s2)nc2nc[nH]n12. The Labute approximate surface area is 140 Å². The molecule has 1 aromatic carbocycles. The Balaban J connectivity index is 1.62. The summed E-state index contributed by atoms with van der Waals surface area (Å²) < 4.78 is 4.43. The number of thiazole rings is 1. The molecule has 110 valence electrons. The molecule has 0 aliphatic heterocycles. The predicted octanol–water partition coefficient (Wildman–Crippen LogP) is 3.08. The molecule has 0 aliphatic carbocycles. The van der Waals surface area contributed by atoms with Gasteiger partial charge in [0.15, 0.2) is 4.34 Å². The highest BCUT2D eigenvalue weighted by Crippen LogP contribution is 2.35. The summed E-state index contributed by atoms with van der Waals surface area (Å²) in [5.41, 5.74) is 1.50. The number of H-pyrrole nitrogens is 1. The van der Waals surface area contributed by atoms with Crippen LogP contribution in [0.25, 0.3) is 16.0 Å². The van der Waals surface area contributed by atoms with Crippen LogP contribution in [-0.4, -0.2) is 24.6 Å². The topological polar surface area (TPSA) is 75.9 Å². The minimum absolute atomic E-state index is 0.162. The van der Waals surface area contributed by atoms with Gasteiger partial charge in [0.05, 0.1) is 15.9 Å². The third-order valence-electron chi connectivity index (χ3n) is 3.01. The van der Waals surface area contributed by atoms with Gasteiger partial charge in [-0.3, -0.25) is 9.89 Å². The number of aromatic amines is 1. The van der Waals surface area contributed by atoms with Gasteiger partial charge in [0.25, 0.3) is 11.3 Å². The molecule has 0 radical (unpaired) electrons. The molecule has 1 N–H and O–H groups in total. The first-order valence-electron chi connectivity index (χ1n) is 6.30. The van der Waals surface area contributed by atoms with Crippen LogP contribution in [-0.2, 0) is 5.75 Å². The number of fused-ring (bicyclic) bond motifs is 2. The number of hydrogen-bond donors (Lipinski definition) is 1. The lowest BCUT2D eigenvalue weighted by atomic mass is 10.3. The van der Waals surface area contributed by atoms with Gasteiger partial charge in [-0.05, 0) is 28.1 Å². The van der Waals surface area contributed by atoms with Gasteiger partial charge in [0.2, 0.25) is 0 Å². The Hall–Kier alpha value is -1.71. The number of nitrogens with one attached hydrogen (secondary N) is 1. The molecular weight excluding hydrogens is 386 g/mol. The molecule has 0 atom stereocenters. The van der Waals surface area contributed by atoms with Gasteiger partial charge in [-0.2, -0.15) is 4.52 Å². The normalized spacial score (nSPS) is 11.5. The molecular formula is C13H8BrN5OS2. The molecule has 0 saturated heterocycles. The second-order valence-corrected chi connectivity index (χ2v) is 7.54. The van der Waals surface area contributed by atoms with E-state index in [0.29, 0.717) is 17.2 Å². The zero-order valence-corrected chi connectivity index (χ0v) is 14.2. The molecule has 22 heavy (non-hydrogen) atoms. The van der Waals surface area contributed by atoms with Crippen molar-refractivity contribution >= 4 is 55.0 Å². The van der Waals surface area contributed by atoms with Gasteiger partial charge in [0, 0.05) is 16.3 Å². The van der Waals surface area contributed by atoms with Crippen LogP contribution in [0.4, 0.5) is 0 Å². The van der Waals surface area contributed by atoms with E-state index in [2.05, 4.69) is 36.0 Å². The number of hydrogen-bond acceptors (Lipinski definition) is 6. The Morgan fingerprint density at radius 2 is 2.27 bits per heavy atom. The van der Waals surface area contributed by atoms with Crippen molar-refractivity contribution in [3.05, 3.63) is 51.1 Å². The van der Waals surface area contributed by atoms with Crippen LogP contribution in [0.3, 0.4) is 0 Å². The fraction of sp³-hybridized carbons (Fsp3) is 0.0769. The van der Waals surface area contributed by atoms with Crippen LogP contribution in [0.15, 0.2) is 44.2 Å². The number of rotatable bonds is 3. The third-order valence-corrected chi connectivity index (χ3v) is 6.22. The molecule has 6 nitrogen and oxygen atoms in total. The van der Waals surface area contributed by atoms with Gasteiger partial charge in [0.1, 0.15) is 6.33 Å². The fourth-order valence-corrected chi connectivity index (χ4v) is 4.58. The predicted molar refractivity (Wildman–Crippen MR) is 90.5 cm³/mol. The first-order chi connectivity index (χ1) is 10.7. The number of thioether (sulfide) groups is 1. The number of aromatic nitrogens is 5. The van der Waals surface area contributed by atoms with E-state index in [1.165, 1.54) is 16.9 Å². The highest BCUT2D eigenvalue weighted by molar-refractivity contribution is 9.10. The van der Waals surface area contributed by atoms with E-state index in [0.717, 1.165) is 19.0 Å². The average molecular weight is 394 g/mol. The highest BCUT2D eigenvalue weighted by Gasteiger charge is 2.09. The summed E-state index contributed by atoms with van der Waals surface area (Å²) in [4.78, 5) is 24.8. The smallest absolute Gasteiger partial charge is 0.274 e. The van der Waals surface area contributed by atoms with Crippen LogP contribution in [0.2, 0.25) is 0 Å². The number of halogens is 1. The van der Waals surface area contributed by atoms with E-state index in [1.54, 1.807) is 23.1 Å². The largest absolute Gasteiger partial charge is 0.278 e. The van der Waals surface area contributed by atoms with Crippen molar-refractivity contribution in [1.82, 2.24) is 24.6 Å². The molecule has 0 aliphatic rings. The van der Waals surface area contributed by atoms with Crippen molar-refractivity contribution in [3.8, 4) is 0 Å². The molecule has 3 heterocycles. The molecule has 0 saturated carbocycles. The van der Waals surface area contributed by atoms with E-state index in [-0.39, 0.29) is 5.56 Å². The molecule has 3 aromatic heterocycles. The zero-order valence-electron chi connectivity index (χ0n) is 11.0. The monoisotopic (exact) mass is 393 g/mol. The van der Waals surface area contributed by atoms with Crippen LogP contribution < -0.4 is 5.56 Å². The first kappa shape index (κ1) is 13.9. The summed E-state index contributed by atoms with van der Waals surface area (Å²) in [6.45, 7) is 0. The summed E-state index contributed by atoms with van der Waals surface area (Å²) in [5, 5.41) is 2.72. The molecule has 0 fully saturated rings. The Kier molecular flexibility index (Phi) is 3.47. The van der Waals surface area contributed by atoms with Crippen molar-refractivity contribution in [2.45, 2.75) is 10.1 Å². The molecule has 9 heteroatoms. The van der Waals surface area contributed by atoms with Crippen LogP contribution in [0.1, 0.15) is 5.69 Å². The Morgan fingerprint density at radius 3 is 3.14 bits per heavy atom. The summed E-state index contributed by atoms with van der Waals surface area (Å²) in [6.07, 6.45) is 1.45. The van der Waals surface area contributed by atoms with E-state index in [1.807, 2.05) is 18.2 Å². The van der Waals surface area contributed by atoms with Crippen LogP contribution in [0.5, 0.6) is 0 Å². The Bertz CT molecular complexity index is 1040. The summed E-state index contributed by atoms with van der Waals surface area (Å²) in [7, 11) is 0. The molecule has 4 rings (SSSR count). The lowest BCUT2D eigenvalue weighted by molar-refractivity contribution is 0.887. The fourth-order valence-electron chi connectivity index (χ4n) is 2.04. The second kappa shape index (κ2) is 5.49. The molecule has 4 aromatic rings. The zero-order chi connectivity index (χ0) is 15.1. The van der Waals surface area contributed by atoms with E-state index < -0.39 is 0 Å². The molecule has 0 unspecified atom stereocenters. The maximum absolute atomic E-state index is 11.9. The molecule has 0 bridgehead atoms. The summed E-state index contributed by atoms with van der Waals surface area (Å²) in [6, 6.07) is 7.47. The van der Waals surface area contributed by atoms with Gasteiger partial charge < -0.3 is 0 Å². The molecule has 0 spiro atoms. The van der Waals surface area contributed by atoms with E-state index in [4.69, 9.17) is 0 Å². The number of benzene rings is 1. The first-order valence-corrected chi connectivity index (χ1v) is 8.90. The molecule has 0 amide bonds. The van der Waals surface area contributed by atoms with Crippen molar-refractivity contribution in [2.24, 2.45) is 0 Å². The summed E-state index contributed by atoms with van der Waals surface area (Å²) >= 11 is 6.72. The van der Waals surface area contributed by atoms with E-state index in [9.17, 15) is 4.79 Å². The van der Waals surface area contributed by atoms with Gasteiger partial charge in [-0.25, -0.2) is 15.0 Å². The minimum Gasteiger partial charge on any atom is -0.278 e. The van der Waals surface area contributed by atoms with Crippen molar-refractivity contribution in [1.29, 1.82) is 0 Å². The van der Waals surface area contributed by atoms with Crippen LogP contribution in [0, 0.1) is 0 Å². The Morgan fingerprint density at radius 1 is 1.36 bits per heavy atom. The van der Waals surface area contributed by atoms with Crippen LogP contribution >= 0.6 is 39.0 Å². The lowest BCUT2D eigenvalue weighted by Gasteiger charge is -1.98. The minimum atomic E-state index is -0.162. The standard InChI is InChI=1S/C13H8BrN5OS2/c14-8-2-1-3-9-11(8)22-13(18-9)21-5-7-4-10(20)19-12(17-7)15-6-16-19/h1-4,6H,5H2,(H,15,16,17).